The van der Waals surface area contributed by atoms with Crippen LogP contribution in [0, 0.1) is 0 Å². The van der Waals surface area contributed by atoms with E-state index in [9.17, 15) is 4.79 Å². The summed E-state index contributed by atoms with van der Waals surface area (Å²) in [5.74, 6) is 0.451. The summed E-state index contributed by atoms with van der Waals surface area (Å²) in [7, 11) is 0. The number of benzene rings is 2. The van der Waals surface area contributed by atoms with E-state index in [0.29, 0.717) is 5.92 Å². The van der Waals surface area contributed by atoms with Crippen LogP contribution in [-0.4, -0.2) is 25.3 Å². The van der Waals surface area contributed by atoms with Gasteiger partial charge in [-0.15, -0.1) is 0 Å². The predicted molar refractivity (Wildman–Crippen MR) is 101 cm³/mol. The highest BCUT2D eigenvalue weighted by Gasteiger charge is 2.22. The predicted octanol–water partition coefficient (Wildman–Crippen LogP) is 4.14. The third-order valence-electron chi connectivity index (χ3n) is 4.48. The molecule has 0 spiro atoms. The zero-order chi connectivity index (χ0) is 17.6. The number of amides is 1. The minimum atomic E-state index is -0.0561. The molecule has 0 fully saturated rings. The molecule has 4 heteroatoms. The largest absolute Gasteiger partial charge is 0.386 e. The van der Waals surface area contributed by atoms with Crippen molar-refractivity contribution in [2.75, 3.05) is 18.1 Å². The average molecular weight is 336 g/mol. The number of hydrogen-bond donors (Lipinski definition) is 0. The van der Waals surface area contributed by atoms with E-state index in [1.807, 2.05) is 30.3 Å². The van der Waals surface area contributed by atoms with Gasteiger partial charge in [0.25, 0.3) is 5.91 Å². The van der Waals surface area contributed by atoms with E-state index in [2.05, 4.69) is 37.2 Å². The van der Waals surface area contributed by atoms with Crippen LogP contribution >= 0.6 is 0 Å². The van der Waals surface area contributed by atoms with Crippen molar-refractivity contribution < 1.29 is 9.63 Å². The Balaban J connectivity index is 1.55. The van der Waals surface area contributed by atoms with Gasteiger partial charge in [0.2, 0.25) is 0 Å². The van der Waals surface area contributed by atoms with E-state index < -0.39 is 0 Å². The van der Waals surface area contributed by atoms with Crippen molar-refractivity contribution in [1.29, 1.82) is 0 Å². The summed E-state index contributed by atoms with van der Waals surface area (Å²) < 4.78 is 0. The highest BCUT2D eigenvalue weighted by atomic mass is 16.6. The Morgan fingerprint density at radius 2 is 1.96 bits per heavy atom. The SMILES string of the molecule is CC(C)c1ccc(/C=N\OCC(=O)N2CCCc3ccccc32)cc1. The standard InChI is InChI=1S/C21H24N2O2/c1-16(2)18-11-9-17(10-12-18)14-22-25-15-21(24)23-13-5-7-19-6-3-4-8-20(19)23/h3-4,6,8-12,14,16H,5,7,13,15H2,1-2H3/b22-14-. The van der Waals surface area contributed by atoms with Crippen molar-refractivity contribution >= 4 is 17.8 Å². The summed E-state index contributed by atoms with van der Waals surface area (Å²) in [5, 5.41) is 3.93. The molecule has 25 heavy (non-hydrogen) atoms. The lowest BCUT2D eigenvalue weighted by atomic mass is 10.0. The Labute approximate surface area is 149 Å². The van der Waals surface area contributed by atoms with E-state index in [1.54, 1.807) is 11.1 Å². The quantitative estimate of drug-likeness (QED) is 0.608. The second-order valence-electron chi connectivity index (χ2n) is 6.61. The molecular formula is C21H24N2O2. The lowest BCUT2D eigenvalue weighted by Crippen LogP contribution is -2.37. The molecule has 4 nitrogen and oxygen atoms in total. The van der Waals surface area contributed by atoms with E-state index >= 15 is 0 Å². The van der Waals surface area contributed by atoms with Crippen molar-refractivity contribution in [3.05, 3.63) is 65.2 Å². The van der Waals surface area contributed by atoms with Gasteiger partial charge in [-0.3, -0.25) is 4.79 Å². The van der Waals surface area contributed by atoms with Crippen LogP contribution in [-0.2, 0) is 16.1 Å². The minimum absolute atomic E-state index is 0.0467. The van der Waals surface area contributed by atoms with Gasteiger partial charge in [0.15, 0.2) is 6.61 Å². The summed E-state index contributed by atoms with van der Waals surface area (Å²) >= 11 is 0. The second-order valence-corrected chi connectivity index (χ2v) is 6.61. The lowest BCUT2D eigenvalue weighted by molar-refractivity contribution is -0.123. The molecule has 130 valence electrons. The van der Waals surface area contributed by atoms with Crippen molar-refractivity contribution in [2.24, 2.45) is 5.16 Å². The van der Waals surface area contributed by atoms with Gasteiger partial charge in [0.05, 0.1) is 6.21 Å². The number of hydrogen-bond acceptors (Lipinski definition) is 3. The Morgan fingerprint density at radius 1 is 1.20 bits per heavy atom. The fraction of sp³-hybridized carbons (Fsp3) is 0.333. The van der Waals surface area contributed by atoms with Crippen molar-refractivity contribution in [1.82, 2.24) is 0 Å². The molecule has 1 heterocycles. The first-order chi connectivity index (χ1) is 12.1. The molecule has 0 unspecified atom stereocenters. The number of rotatable bonds is 5. The molecule has 0 aromatic heterocycles. The van der Waals surface area contributed by atoms with Crippen molar-refractivity contribution in [2.45, 2.75) is 32.6 Å². The van der Waals surface area contributed by atoms with Gasteiger partial charge in [-0.25, -0.2) is 0 Å². The van der Waals surface area contributed by atoms with Gasteiger partial charge in [-0.05, 0) is 41.5 Å². The molecule has 1 aliphatic heterocycles. The summed E-state index contributed by atoms with van der Waals surface area (Å²) in [5.41, 5.74) is 4.46. The summed E-state index contributed by atoms with van der Waals surface area (Å²) in [6.07, 6.45) is 3.64. The van der Waals surface area contributed by atoms with Gasteiger partial charge in [-0.2, -0.15) is 0 Å². The number of carbonyl (C=O) groups excluding carboxylic acids is 1. The highest BCUT2D eigenvalue weighted by Crippen LogP contribution is 2.26. The van der Waals surface area contributed by atoms with E-state index in [0.717, 1.165) is 30.6 Å². The third kappa shape index (κ3) is 4.27. The lowest BCUT2D eigenvalue weighted by Gasteiger charge is -2.28. The number of fused-ring (bicyclic) bond motifs is 1. The van der Waals surface area contributed by atoms with Crippen LogP contribution in [0.5, 0.6) is 0 Å². The van der Waals surface area contributed by atoms with Crippen LogP contribution in [0.3, 0.4) is 0 Å². The highest BCUT2D eigenvalue weighted by molar-refractivity contribution is 5.95. The van der Waals surface area contributed by atoms with Crippen LogP contribution in [0.25, 0.3) is 0 Å². The summed E-state index contributed by atoms with van der Waals surface area (Å²) in [6, 6.07) is 16.2. The molecule has 1 aliphatic rings. The fourth-order valence-corrected chi connectivity index (χ4v) is 3.03. The number of carbonyl (C=O) groups is 1. The Bertz CT molecular complexity index is 751. The van der Waals surface area contributed by atoms with Crippen LogP contribution < -0.4 is 4.90 Å². The molecule has 0 N–H and O–H groups in total. The average Bonchev–Trinajstić information content (AvgIpc) is 2.65. The fourth-order valence-electron chi connectivity index (χ4n) is 3.03. The normalized spacial score (nSPS) is 14.0. The zero-order valence-corrected chi connectivity index (χ0v) is 14.8. The number of aryl methyl sites for hydroxylation is 1. The van der Waals surface area contributed by atoms with Crippen LogP contribution in [0.2, 0.25) is 0 Å². The number of anilines is 1. The first-order valence-corrected chi connectivity index (χ1v) is 8.78. The maximum atomic E-state index is 12.4. The third-order valence-corrected chi connectivity index (χ3v) is 4.48. The molecule has 1 amide bonds. The minimum Gasteiger partial charge on any atom is -0.386 e. The summed E-state index contributed by atoms with van der Waals surface area (Å²) in [4.78, 5) is 19.4. The first-order valence-electron chi connectivity index (χ1n) is 8.78. The van der Waals surface area contributed by atoms with Gasteiger partial charge >= 0.3 is 0 Å². The van der Waals surface area contributed by atoms with Crippen molar-refractivity contribution in [3.63, 3.8) is 0 Å². The Kier molecular flexibility index (Phi) is 5.49. The van der Waals surface area contributed by atoms with Crippen LogP contribution in [0.1, 0.15) is 42.9 Å². The van der Waals surface area contributed by atoms with Crippen LogP contribution in [0.15, 0.2) is 53.7 Å². The molecule has 0 saturated heterocycles. The number of para-hydroxylation sites is 1. The zero-order valence-electron chi connectivity index (χ0n) is 14.8. The van der Waals surface area contributed by atoms with Crippen molar-refractivity contribution in [3.8, 4) is 0 Å². The maximum Gasteiger partial charge on any atom is 0.267 e. The topological polar surface area (TPSA) is 41.9 Å². The van der Waals surface area contributed by atoms with Gasteiger partial charge in [0.1, 0.15) is 0 Å². The van der Waals surface area contributed by atoms with E-state index in [-0.39, 0.29) is 12.5 Å². The van der Waals surface area contributed by atoms with Gasteiger partial charge in [-0.1, -0.05) is 61.5 Å². The second kappa shape index (κ2) is 7.97. The molecule has 2 aromatic rings. The monoisotopic (exact) mass is 336 g/mol. The van der Waals surface area contributed by atoms with Gasteiger partial charge < -0.3 is 9.74 Å². The molecule has 0 bridgehead atoms. The maximum absolute atomic E-state index is 12.4. The Hall–Kier alpha value is -2.62. The van der Waals surface area contributed by atoms with E-state index in [4.69, 9.17) is 4.84 Å². The van der Waals surface area contributed by atoms with Gasteiger partial charge in [0, 0.05) is 12.2 Å². The molecule has 0 aliphatic carbocycles. The van der Waals surface area contributed by atoms with E-state index in [1.165, 1.54) is 11.1 Å². The summed E-state index contributed by atoms with van der Waals surface area (Å²) in [6.45, 7) is 5.02. The Morgan fingerprint density at radius 3 is 2.72 bits per heavy atom. The molecule has 0 saturated carbocycles. The smallest absolute Gasteiger partial charge is 0.267 e. The molecular weight excluding hydrogens is 312 g/mol. The molecule has 3 rings (SSSR count). The van der Waals surface area contributed by atoms with Crippen LogP contribution in [0.4, 0.5) is 5.69 Å². The molecule has 0 radical (unpaired) electrons. The first kappa shape index (κ1) is 17.2. The number of nitrogens with zero attached hydrogens (tertiary/aromatic N) is 2. The molecule has 2 aromatic carbocycles. The number of oxime groups is 1. The molecule has 0 atom stereocenters.